The summed E-state index contributed by atoms with van der Waals surface area (Å²) in [6, 6.07) is 0. The van der Waals surface area contributed by atoms with E-state index in [-0.39, 0.29) is 11.9 Å². The lowest BCUT2D eigenvalue weighted by atomic mass is 9.96. The molecule has 0 saturated carbocycles. The minimum atomic E-state index is -0.443. The Morgan fingerprint density at radius 2 is 0.941 bits per heavy atom. The van der Waals surface area contributed by atoms with E-state index in [1.54, 1.807) is 0 Å². The minimum Gasteiger partial charge on any atom is -0.464 e. The number of hydrogen-bond acceptors (Lipinski definition) is 3. The molecule has 0 aromatic carbocycles. The van der Waals surface area contributed by atoms with Gasteiger partial charge >= 0.3 is 5.97 Å². The molecule has 0 fully saturated rings. The van der Waals surface area contributed by atoms with Crippen molar-refractivity contribution in [1.82, 2.24) is 0 Å². The molecule has 3 unspecified atom stereocenters. The maximum absolute atomic E-state index is 12.4. The number of esters is 1. The number of ether oxygens (including phenoxy) is 1. The highest BCUT2D eigenvalue weighted by atomic mass is 31.0. The third-order valence-electron chi connectivity index (χ3n) is 7.15. The minimum absolute atomic E-state index is 0.184. The molecule has 4 heteroatoms. The number of hydrogen-bond donors (Lipinski definition) is 0. The molecule has 0 aliphatic heterocycles. The van der Waals surface area contributed by atoms with Crippen molar-refractivity contribution in [3.63, 3.8) is 0 Å². The normalized spacial score (nSPS) is 13.2. The molecule has 0 saturated heterocycles. The van der Waals surface area contributed by atoms with Crippen molar-refractivity contribution in [3.8, 4) is 0 Å². The molecule has 0 bridgehead atoms. The molecule has 0 heterocycles. The monoisotopic (exact) mass is 500 g/mol. The maximum atomic E-state index is 12.4. The van der Waals surface area contributed by atoms with Crippen LogP contribution in [0.5, 0.6) is 0 Å². The van der Waals surface area contributed by atoms with E-state index in [1.807, 2.05) is 0 Å². The summed E-state index contributed by atoms with van der Waals surface area (Å²) in [5.41, 5.74) is 0. The van der Waals surface area contributed by atoms with E-state index >= 15 is 0 Å². The Balaban J connectivity index is 3.55. The summed E-state index contributed by atoms with van der Waals surface area (Å²) in [6.45, 7) is 7.19. The number of carbonyl (C=O) groups excluding carboxylic acids is 1. The molecular formula is C30H61O3P. The summed E-state index contributed by atoms with van der Waals surface area (Å²) in [7, 11) is 2.27. The predicted octanol–water partition coefficient (Wildman–Crippen LogP) is 10.4. The van der Waals surface area contributed by atoms with E-state index in [4.69, 9.17) is 9.26 Å². The first-order valence-electron chi connectivity index (χ1n) is 15.2. The summed E-state index contributed by atoms with van der Waals surface area (Å²) in [5, 5.41) is 0. The van der Waals surface area contributed by atoms with Gasteiger partial charge in [-0.2, -0.15) is 0 Å². The molecule has 0 rings (SSSR count). The Morgan fingerprint density at radius 3 is 1.32 bits per heavy atom. The van der Waals surface area contributed by atoms with E-state index in [1.165, 1.54) is 128 Å². The van der Waals surface area contributed by atoms with Crippen LogP contribution in [0.2, 0.25) is 0 Å². The Bertz CT molecular complexity index is 416. The van der Waals surface area contributed by atoms with Gasteiger partial charge in [-0.15, -0.1) is 0 Å². The summed E-state index contributed by atoms with van der Waals surface area (Å²) in [4.78, 5) is 12.4. The molecule has 0 aliphatic rings. The standard InChI is InChI=1S/C30H61O3P/c1-4-6-8-10-12-14-15-16-17-18-19-21-23-25-27-32-30(31)29(33-34)28(3)26-24-22-20-13-11-9-7-5-2/h28-29H,4-27,34H2,1-3H3. The molecule has 0 aromatic rings. The van der Waals surface area contributed by atoms with Gasteiger partial charge in [0.2, 0.25) is 0 Å². The smallest absolute Gasteiger partial charge is 0.335 e. The van der Waals surface area contributed by atoms with Gasteiger partial charge in [-0.25, -0.2) is 4.79 Å². The van der Waals surface area contributed by atoms with E-state index in [2.05, 4.69) is 30.2 Å². The fourth-order valence-corrected chi connectivity index (χ4v) is 5.10. The first-order chi connectivity index (χ1) is 16.7. The van der Waals surface area contributed by atoms with Crippen molar-refractivity contribution in [2.45, 2.75) is 175 Å². The van der Waals surface area contributed by atoms with Gasteiger partial charge in [-0.05, 0) is 18.8 Å². The molecule has 0 aromatic heterocycles. The lowest BCUT2D eigenvalue weighted by molar-refractivity contribution is -0.154. The van der Waals surface area contributed by atoms with Crippen LogP contribution in [0.25, 0.3) is 0 Å². The van der Waals surface area contributed by atoms with Gasteiger partial charge < -0.3 is 9.26 Å². The van der Waals surface area contributed by atoms with Crippen molar-refractivity contribution in [3.05, 3.63) is 0 Å². The fraction of sp³-hybridized carbons (Fsp3) is 0.967. The Morgan fingerprint density at radius 1 is 0.588 bits per heavy atom. The first kappa shape index (κ1) is 33.9. The molecule has 3 atom stereocenters. The second-order valence-electron chi connectivity index (χ2n) is 10.6. The number of carbonyl (C=O) groups is 1. The molecule has 0 radical (unpaired) electrons. The average Bonchev–Trinajstić information content (AvgIpc) is 2.83. The van der Waals surface area contributed by atoms with Crippen LogP contribution in [0.4, 0.5) is 0 Å². The lowest BCUT2D eigenvalue weighted by Crippen LogP contribution is -2.30. The van der Waals surface area contributed by atoms with Crippen LogP contribution < -0.4 is 0 Å². The highest BCUT2D eigenvalue weighted by Gasteiger charge is 2.26. The van der Waals surface area contributed by atoms with E-state index in [9.17, 15) is 4.79 Å². The zero-order valence-electron chi connectivity index (χ0n) is 23.4. The Labute approximate surface area is 216 Å². The van der Waals surface area contributed by atoms with Gasteiger partial charge in [0.1, 0.15) is 0 Å². The predicted molar refractivity (Wildman–Crippen MR) is 152 cm³/mol. The molecule has 0 aliphatic carbocycles. The topological polar surface area (TPSA) is 35.5 Å². The fourth-order valence-electron chi connectivity index (χ4n) is 4.73. The van der Waals surface area contributed by atoms with E-state index < -0.39 is 6.10 Å². The van der Waals surface area contributed by atoms with E-state index in [0.29, 0.717) is 6.61 Å². The quantitative estimate of drug-likeness (QED) is 0.0639. The zero-order chi connectivity index (χ0) is 25.1. The van der Waals surface area contributed by atoms with Crippen LogP contribution in [0.1, 0.15) is 168 Å². The van der Waals surface area contributed by atoms with Gasteiger partial charge in [0.05, 0.1) is 6.61 Å². The van der Waals surface area contributed by atoms with E-state index in [0.717, 1.165) is 19.3 Å². The second kappa shape index (κ2) is 27.4. The molecule has 3 nitrogen and oxygen atoms in total. The molecule has 204 valence electrons. The van der Waals surface area contributed by atoms with Gasteiger partial charge in [-0.3, -0.25) is 0 Å². The van der Waals surface area contributed by atoms with Crippen LogP contribution in [0.3, 0.4) is 0 Å². The van der Waals surface area contributed by atoms with Gasteiger partial charge in [-0.1, -0.05) is 156 Å². The van der Waals surface area contributed by atoms with Crippen molar-refractivity contribution in [1.29, 1.82) is 0 Å². The summed E-state index contributed by atoms with van der Waals surface area (Å²) < 4.78 is 10.9. The highest BCUT2D eigenvalue weighted by Crippen LogP contribution is 2.20. The van der Waals surface area contributed by atoms with Crippen LogP contribution in [0.15, 0.2) is 0 Å². The number of rotatable bonds is 27. The van der Waals surface area contributed by atoms with Crippen molar-refractivity contribution >= 4 is 15.4 Å². The third kappa shape index (κ3) is 22.3. The Hall–Kier alpha value is -0.140. The van der Waals surface area contributed by atoms with Crippen LogP contribution in [-0.4, -0.2) is 18.7 Å². The summed E-state index contributed by atoms with van der Waals surface area (Å²) >= 11 is 0. The molecule has 0 N–H and O–H groups in total. The van der Waals surface area contributed by atoms with Gasteiger partial charge in [0.15, 0.2) is 6.10 Å². The largest absolute Gasteiger partial charge is 0.464 e. The third-order valence-corrected chi connectivity index (χ3v) is 7.44. The van der Waals surface area contributed by atoms with Gasteiger partial charge in [0.25, 0.3) is 0 Å². The highest BCUT2D eigenvalue weighted by molar-refractivity contribution is 7.09. The van der Waals surface area contributed by atoms with Crippen molar-refractivity contribution in [2.75, 3.05) is 6.61 Å². The molecule has 34 heavy (non-hydrogen) atoms. The first-order valence-corrected chi connectivity index (χ1v) is 15.7. The van der Waals surface area contributed by atoms with Crippen LogP contribution >= 0.6 is 9.47 Å². The number of unbranched alkanes of at least 4 members (excludes halogenated alkanes) is 20. The maximum Gasteiger partial charge on any atom is 0.335 e. The second-order valence-corrected chi connectivity index (χ2v) is 10.8. The summed E-state index contributed by atoms with van der Waals surface area (Å²) in [5.74, 6) is 0.0261. The lowest BCUT2D eigenvalue weighted by Gasteiger charge is -2.21. The average molecular weight is 501 g/mol. The molecule has 0 spiro atoms. The zero-order valence-corrected chi connectivity index (χ0v) is 24.6. The van der Waals surface area contributed by atoms with Crippen LogP contribution in [0, 0.1) is 5.92 Å². The SMILES string of the molecule is CCCCCCCCCCCCCCCCOC(=O)C(OP)C(C)CCCCCCCCCC. The molecular weight excluding hydrogens is 439 g/mol. The van der Waals surface area contributed by atoms with Crippen molar-refractivity contribution in [2.24, 2.45) is 5.92 Å². The van der Waals surface area contributed by atoms with Crippen molar-refractivity contribution < 1.29 is 14.1 Å². The van der Waals surface area contributed by atoms with Crippen LogP contribution in [-0.2, 0) is 14.1 Å². The molecule has 0 amide bonds. The van der Waals surface area contributed by atoms with Gasteiger partial charge in [0, 0.05) is 9.47 Å². The Kier molecular flexibility index (Phi) is 27.3. The summed E-state index contributed by atoms with van der Waals surface area (Å²) in [6.07, 6.45) is 29.8.